The zero-order chi connectivity index (χ0) is 20.1. The van der Waals surface area contributed by atoms with Crippen molar-refractivity contribution >= 4 is 11.7 Å². The molecule has 0 fully saturated rings. The van der Waals surface area contributed by atoms with E-state index in [2.05, 4.69) is 0 Å². The fourth-order valence-electron chi connectivity index (χ4n) is 2.72. The van der Waals surface area contributed by atoms with Gasteiger partial charge in [-0.1, -0.05) is 6.07 Å². The Morgan fingerprint density at radius 1 is 1.25 bits per heavy atom. The quantitative estimate of drug-likeness (QED) is 0.404. The molecule has 0 atom stereocenters. The van der Waals surface area contributed by atoms with E-state index >= 15 is 0 Å². The molecule has 3 rings (SSSR count). The first-order valence-corrected chi connectivity index (χ1v) is 8.41. The topological polar surface area (TPSA) is 106 Å². The predicted octanol–water partition coefficient (Wildman–Crippen LogP) is 2.90. The standard InChI is InChI=1S/C19H19NO8/c1-12-3-4-16(17(5-12)24-2)26-10-18(21)27-9-14-7-15(20(22)23)6-13-8-25-11-28-19(13)14/h3-7H,8-11H2,1-2H3. The van der Waals surface area contributed by atoms with Crippen LogP contribution in [-0.2, 0) is 27.5 Å². The summed E-state index contributed by atoms with van der Waals surface area (Å²) in [6.45, 7) is 1.61. The van der Waals surface area contributed by atoms with Crippen LogP contribution in [0.3, 0.4) is 0 Å². The van der Waals surface area contributed by atoms with Gasteiger partial charge >= 0.3 is 5.97 Å². The first-order chi connectivity index (χ1) is 13.5. The Bertz CT molecular complexity index is 896. The molecule has 28 heavy (non-hydrogen) atoms. The number of nitro benzene ring substituents is 1. The first kappa shape index (κ1) is 19.4. The lowest BCUT2D eigenvalue weighted by atomic mass is 10.1. The highest BCUT2D eigenvalue weighted by atomic mass is 16.7. The number of methoxy groups -OCH3 is 1. The van der Waals surface area contributed by atoms with E-state index in [1.54, 1.807) is 12.1 Å². The molecule has 0 aromatic heterocycles. The minimum Gasteiger partial charge on any atom is -0.493 e. The molecule has 9 nitrogen and oxygen atoms in total. The Hall–Kier alpha value is -3.33. The van der Waals surface area contributed by atoms with Crippen LogP contribution in [0.2, 0.25) is 0 Å². The van der Waals surface area contributed by atoms with Crippen LogP contribution in [0.1, 0.15) is 16.7 Å². The summed E-state index contributed by atoms with van der Waals surface area (Å²) < 4.78 is 26.4. The summed E-state index contributed by atoms with van der Waals surface area (Å²) in [7, 11) is 1.51. The molecular formula is C19H19NO8. The Morgan fingerprint density at radius 3 is 2.82 bits per heavy atom. The molecule has 1 aliphatic heterocycles. The average Bonchev–Trinajstić information content (AvgIpc) is 2.70. The van der Waals surface area contributed by atoms with Crippen molar-refractivity contribution in [2.45, 2.75) is 20.1 Å². The zero-order valence-electron chi connectivity index (χ0n) is 15.4. The van der Waals surface area contributed by atoms with Crippen molar-refractivity contribution in [2.24, 2.45) is 0 Å². The lowest BCUT2D eigenvalue weighted by Crippen LogP contribution is -2.17. The number of benzene rings is 2. The van der Waals surface area contributed by atoms with E-state index in [0.717, 1.165) is 5.56 Å². The van der Waals surface area contributed by atoms with Gasteiger partial charge in [-0.2, -0.15) is 0 Å². The third kappa shape index (κ3) is 4.49. The fraction of sp³-hybridized carbons (Fsp3) is 0.316. The second kappa shape index (κ2) is 8.57. The van der Waals surface area contributed by atoms with Crippen molar-refractivity contribution in [1.82, 2.24) is 0 Å². The van der Waals surface area contributed by atoms with E-state index in [4.69, 9.17) is 23.7 Å². The van der Waals surface area contributed by atoms with Crippen LogP contribution in [0, 0.1) is 17.0 Å². The largest absolute Gasteiger partial charge is 0.493 e. The molecule has 2 aromatic rings. The highest BCUT2D eigenvalue weighted by Gasteiger charge is 2.22. The zero-order valence-corrected chi connectivity index (χ0v) is 15.4. The van der Waals surface area contributed by atoms with Gasteiger partial charge in [0.15, 0.2) is 24.9 Å². The van der Waals surface area contributed by atoms with Crippen LogP contribution in [-0.4, -0.2) is 31.4 Å². The van der Waals surface area contributed by atoms with Gasteiger partial charge in [0.05, 0.1) is 18.6 Å². The molecule has 0 saturated carbocycles. The second-order valence-electron chi connectivity index (χ2n) is 6.06. The number of fused-ring (bicyclic) bond motifs is 1. The molecule has 2 aromatic carbocycles. The molecule has 0 unspecified atom stereocenters. The van der Waals surface area contributed by atoms with E-state index < -0.39 is 10.9 Å². The van der Waals surface area contributed by atoms with Crippen molar-refractivity contribution in [2.75, 3.05) is 20.5 Å². The second-order valence-corrected chi connectivity index (χ2v) is 6.06. The minimum atomic E-state index is -0.630. The van der Waals surface area contributed by atoms with E-state index in [1.165, 1.54) is 19.2 Å². The smallest absolute Gasteiger partial charge is 0.344 e. The van der Waals surface area contributed by atoms with Gasteiger partial charge in [-0.25, -0.2) is 4.79 Å². The predicted molar refractivity (Wildman–Crippen MR) is 96.4 cm³/mol. The number of rotatable bonds is 7. The molecule has 148 valence electrons. The van der Waals surface area contributed by atoms with E-state index in [1.807, 2.05) is 13.0 Å². The van der Waals surface area contributed by atoms with Gasteiger partial charge in [0, 0.05) is 23.3 Å². The Kier molecular flexibility index (Phi) is 5.95. The van der Waals surface area contributed by atoms with Crippen LogP contribution in [0.5, 0.6) is 17.2 Å². The molecule has 0 amide bonds. The summed E-state index contributed by atoms with van der Waals surface area (Å²) in [6, 6.07) is 8.02. The van der Waals surface area contributed by atoms with E-state index in [-0.39, 0.29) is 32.3 Å². The lowest BCUT2D eigenvalue weighted by Gasteiger charge is -2.20. The summed E-state index contributed by atoms with van der Waals surface area (Å²) in [4.78, 5) is 22.6. The van der Waals surface area contributed by atoms with Crippen LogP contribution in [0.15, 0.2) is 30.3 Å². The van der Waals surface area contributed by atoms with E-state index in [0.29, 0.717) is 28.4 Å². The molecule has 0 saturated heterocycles. The molecule has 0 spiro atoms. The monoisotopic (exact) mass is 389 g/mol. The van der Waals surface area contributed by atoms with Crippen LogP contribution in [0.4, 0.5) is 5.69 Å². The van der Waals surface area contributed by atoms with Crippen molar-refractivity contribution < 1.29 is 33.4 Å². The molecule has 0 aliphatic carbocycles. The van der Waals surface area contributed by atoms with Gasteiger partial charge in [-0.05, 0) is 24.6 Å². The van der Waals surface area contributed by atoms with Crippen molar-refractivity contribution in [1.29, 1.82) is 0 Å². The number of non-ortho nitro benzene ring substituents is 1. The third-order valence-corrected chi connectivity index (χ3v) is 4.04. The SMILES string of the molecule is COc1cc(C)ccc1OCC(=O)OCc1cc([N+](=O)[O-])cc2c1OCOC2. The molecule has 0 radical (unpaired) electrons. The molecule has 9 heteroatoms. The lowest BCUT2D eigenvalue weighted by molar-refractivity contribution is -0.385. The van der Waals surface area contributed by atoms with E-state index in [9.17, 15) is 14.9 Å². The number of nitrogens with zero attached hydrogens (tertiary/aromatic N) is 1. The van der Waals surface area contributed by atoms with Gasteiger partial charge in [-0.15, -0.1) is 0 Å². The van der Waals surface area contributed by atoms with Crippen LogP contribution >= 0.6 is 0 Å². The maximum Gasteiger partial charge on any atom is 0.344 e. The molecule has 0 N–H and O–H groups in total. The van der Waals surface area contributed by atoms with Gasteiger partial charge in [0.25, 0.3) is 5.69 Å². The highest BCUT2D eigenvalue weighted by Crippen LogP contribution is 2.33. The molecular weight excluding hydrogens is 370 g/mol. The number of carbonyl (C=O) groups is 1. The third-order valence-electron chi connectivity index (χ3n) is 4.04. The number of hydrogen-bond donors (Lipinski definition) is 0. The minimum absolute atomic E-state index is 0.0298. The number of carbonyl (C=O) groups excluding carboxylic acids is 1. The summed E-state index contributed by atoms with van der Waals surface area (Å²) in [5.41, 5.74) is 1.80. The normalized spacial score (nSPS) is 12.5. The first-order valence-electron chi connectivity index (χ1n) is 8.41. The fourth-order valence-corrected chi connectivity index (χ4v) is 2.72. The van der Waals surface area contributed by atoms with Gasteiger partial charge in [-0.3, -0.25) is 10.1 Å². The molecule has 1 aliphatic rings. The number of nitro groups is 1. The summed E-state index contributed by atoms with van der Waals surface area (Å²) >= 11 is 0. The molecule has 0 bridgehead atoms. The van der Waals surface area contributed by atoms with Crippen molar-refractivity contribution in [3.63, 3.8) is 0 Å². The van der Waals surface area contributed by atoms with Crippen molar-refractivity contribution in [3.05, 3.63) is 57.1 Å². The number of aryl methyl sites for hydroxylation is 1. The maximum absolute atomic E-state index is 12.1. The van der Waals surface area contributed by atoms with Crippen LogP contribution in [0.25, 0.3) is 0 Å². The Balaban J connectivity index is 1.65. The Labute approximate surface area is 160 Å². The number of hydrogen-bond acceptors (Lipinski definition) is 8. The van der Waals surface area contributed by atoms with Gasteiger partial charge < -0.3 is 23.7 Å². The van der Waals surface area contributed by atoms with Gasteiger partial charge in [0.1, 0.15) is 12.4 Å². The number of ether oxygens (including phenoxy) is 5. The summed E-state index contributed by atoms with van der Waals surface area (Å²) in [5.74, 6) is 0.730. The summed E-state index contributed by atoms with van der Waals surface area (Å²) in [5, 5.41) is 11.1. The summed E-state index contributed by atoms with van der Waals surface area (Å²) in [6.07, 6.45) is 0. The maximum atomic E-state index is 12.1. The Morgan fingerprint density at radius 2 is 2.07 bits per heavy atom. The average molecular weight is 389 g/mol. The van der Waals surface area contributed by atoms with Crippen LogP contribution < -0.4 is 14.2 Å². The number of esters is 1. The van der Waals surface area contributed by atoms with Gasteiger partial charge in [0.2, 0.25) is 0 Å². The highest BCUT2D eigenvalue weighted by molar-refractivity contribution is 5.71. The molecule has 1 heterocycles. The van der Waals surface area contributed by atoms with Crippen molar-refractivity contribution in [3.8, 4) is 17.2 Å².